The maximum Gasteiger partial charge on any atom is 0.222 e. The highest BCUT2D eigenvalue weighted by Gasteiger charge is 2.20. The molecule has 1 amide bonds. The van der Waals surface area contributed by atoms with Crippen LogP contribution in [0.25, 0.3) is 6.08 Å². The van der Waals surface area contributed by atoms with E-state index in [-0.39, 0.29) is 18.2 Å². The van der Waals surface area contributed by atoms with E-state index in [9.17, 15) is 9.90 Å². The van der Waals surface area contributed by atoms with Gasteiger partial charge in [0.1, 0.15) is 11.5 Å². The lowest BCUT2D eigenvalue weighted by atomic mass is 9.98. The average molecular weight is 276 g/mol. The number of nitrogens with zero attached hydrogens (tertiary/aromatic N) is 1. The number of aryl methyl sites for hydroxylation is 1. The third-order valence-electron chi connectivity index (χ3n) is 3.04. The molecule has 0 saturated carbocycles. The van der Waals surface area contributed by atoms with Crippen LogP contribution >= 0.6 is 0 Å². The fraction of sp³-hybridized carbons (Fsp3) is 0.467. The van der Waals surface area contributed by atoms with Crippen molar-refractivity contribution in [3.63, 3.8) is 0 Å². The number of nitrogens with one attached hydrogen (secondary N) is 1. The standard InChI is InChI=1S/C15H20N2O3/c1-5-6-7-12-11(3)20-15(17-12)8-10(2)13(18)9-14(19)16-4/h1,6-7,10,13,18H,8-9H2,2-4H3,(H,16,19)/b7-6-/t10-,13+/m1/s1. The summed E-state index contributed by atoms with van der Waals surface area (Å²) in [5.41, 5.74) is 0.686. The molecule has 0 aliphatic heterocycles. The van der Waals surface area contributed by atoms with E-state index in [2.05, 4.69) is 16.2 Å². The molecular formula is C15H20N2O3. The second-order valence-electron chi connectivity index (χ2n) is 4.68. The summed E-state index contributed by atoms with van der Waals surface area (Å²) in [6.45, 7) is 3.66. The Hall–Kier alpha value is -2.06. The van der Waals surface area contributed by atoms with Gasteiger partial charge in [0.15, 0.2) is 5.89 Å². The third kappa shape index (κ3) is 4.56. The number of allylic oxidation sites excluding steroid dienone is 1. The summed E-state index contributed by atoms with van der Waals surface area (Å²) in [6.07, 6.45) is 8.21. The summed E-state index contributed by atoms with van der Waals surface area (Å²) in [5, 5.41) is 12.4. The van der Waals surface area contributed by atoms with Gasteiger partial charge >= 0.3 is 0 Å². The number of rotatable bonds is 6. The smallest absolute Gasteiger partial charge is 0.222 e. The predicted octanol–water partition coefficient (Wildman–Crippen LogP) is 1.31. The van der Waals surface area contributed by atoms with Crippen molar-refractivity contribution >= 4 is 12.0 Å². The maximum absolute atomic E-state index is 11.2. The molecule has 0 unspecified atom stereocenters. The molecular weight excluding hydrogens is 256 g/mol. The summed E-state index contributed by atoms with van der Waals surface area (Å²) in [4.78, 5) is 15.5. The molecule has 0 bridgehead atoms. The largest absolute Gasteiger partial charge is 0.445 e. The van der Waals surface area contributed by atoms with Crippen LogP contribution < -0.4 is 5.32 Å². The third-order valence-corrected chi connectivity index (χ3v) is 3.04. The molecule has 5 heteroatoms. The van der Waals surface area contributed by atoms with Crippen molar-refractivity contribution in [2.75, 3.05) is 7.05 Å². The number of oxazole rings is 1. The molecule has 5 nitrogen and oxygen atoms in total. The number of amides is 1. The van der Waals surface area contributed by atoms with Crippen LogP contribution in [0, 0.1) is 25.2 Å². The fourth-order valence-electron chi connectivity index (χ4n) is 1.74. The normalized spacial score (nSPS) is 13.9. The molecule has 1 heterocycles. The van der Waals surface area contributed by atoms with Crippen LogP contribution in [0.5, 0.6) is 0 Å². The Kier molecular flexibility index (Phi) is 6.01. The number of aliphatic hydroxyl groups excluding tert-OH is 1. The van der Waals surface area contributed by atoms with Gasteiger partial charge in [-0.2, -0.15) is 0 Å². The lowest BCUT2D eigenvalue weighted by Gasteiger charge is -2.16. The van der Waals surface area contributed by atoms with E-state index in [0.717, 1.165) is 0 Å². The highest BCUT2D eigenvalue weighted by atomic mass is 16.4. The minimum atomic E-state index is -0.730. The highest BCUT2D eigenvalue weighted by molar-refractivity contribution is 5.76. The Morgan fingerprint density at radius 3 is 2.95 bits per heavy atom. The summed E-state index contributed by atoms with van der Waals surface area (Å²) >= 11 is 0. The van der Waals surface area contributed by atoms with Gasteiger partial charge in [0.05, 0.1) is 12.5 Å². The van der Waals surface area contributed by atoms with E-state index in [0.29, 0.717) is 23.8 Å². The van der Waals surface area contributed by atoms with Gasteiger partial charge < -0.3 is 14.8 Å². The zero-order chi connectivity index (χ0) is 15.1. The predicted molar refractivity (Wildman–Crippen MR) is 76.7 cm³/mol. The van der Waals surface area contributed by atoms with Crippen molar-refractivity contribution in [3.8, 4) is 12.3 Å². The molecule has 20 heavy (non-hydrogen) atoms. The molecule has 1 aromatic heterocycles. The molecule has 108 valence electrons. The Morgan fingerprint density at radius 1 is 1.65 bits per heavy atom. The van der Waals surface area contributed by atoms with Crippen molar-refractivity contribution in [1.29, 1.82) is 0 Å². The Bertz CT molecular complexity index is 526. The monoisotopic (exact) mass is 276 g/mol. The molecule has 0 aliphatic carbocycles. The number of hydrogen-bond acceptors (Lipinski definition) is 4. The first kappa shape index (κ1) is 16.0. The Balaban J connectivity index is 2.66. The van der Waals surface area contributed by atoms with Gasteiger partial charge in [0.2, 0.25) is 5.91 Å². The van der Waals surface area contributed by atoms with E-state index in [1.807, 2.05) is 6.92 Å². The van der Waals surface area contributed by atoms with E-state index in [1.165, 1.54) is 0 Å². The van der Waals surface area contributed by atoms with Crippen LogP contribution in [0.1, 0.15) is 30.7 Å². The topological polar surface area (TPSA) is 75.4 Å². The molecule has 0 aliphatic rings. The van der Waals surface area contributed by atoms with Gasteiger partial charge in [0, 0.05) is 13.5 Å². The zero-order valence-corrected chi connectivity index (χ0v) is 12.0. The van der Waals surface area contributed by atoms with Crippen LogP contribution in [-0.4, -0.2) is 29.1 Å². The molecule has 2 atom stereocenters. The van der Waals surface area contributed by atoms with Gasteiger partial charge in [0.25, 0.3) is 0 Å². The minimum Gasteiger partial charge on any atom is -0.445 e. The lowest BCUT2D eigenvalue weighted by Crippen LogP contribution is -2.28. The van der Waals surface area contributed by atoms with E-state index < -0.39 is 6.10 Å². The van der Waals surface area contributed by atoms with Crippen molar-refractivity contribution in [1.82, 2.24) is 10.3 Å². The van der Waals surface area contributed by atoms with E-state index in [1.54, 1.807) is 26.1 Å². The van der Waals surface area contributed by atoms with Crippen molar-refractivity contribution in [3.05, 3.63) is 23.4 Å². The highest BCUT2D eigenvalue weighted by Crippen LogP contribution is 2.17. The van der Waals surface area contributed by atoms with Crippen molar-refractivity contribution in [2.24, 2.45) is 5.92 Å². The van der Waals surface area contributed by atoms with Crippen molar-refractivity contribution in [2.45, 2.75) is 32.8 Å². The summed E-state index contributed by atoms with van der Waals surface area (Å²) in [6, 6.07) is 0. The number of aliphatic hydroxyl groups is 1. The number of carbonyl (C=O) groups excluding carboxylic acids is 1. The van der Waals surface area contributed by atoms with Crippen LogP contribution in [0.2, 0.25) is 0 Å². The molecule has 1 aromatic rings. The number of carbonyl (C=O) groups is 1. The lowest BCUT2D eigenvalue weighted by molar-refractivity contribution is -0.123. The van der Waals surface area contributed by atoms with Gasteiger partial charge in [-0.1, -0.05) is 12.8 Å². The Labute approximate surface area is 119 Å². The summed E-state index contributed by atoms with van der Waals surface area (Å²) < 4.78 is 5.52. The van der Waals surface area contributed by atoms with Crippen molar-refractivity contribution < 1.29 is 14.3 Å². The number of aromatic nitrogens is 1. The summed E-state index contributed by atoms with van der Waals surface area (Å²) in [7, 11) is 1.54. The average Bonchev–Trinajstić information content (AvgIpc) is 2.76. The molecule has 0 aromatic carbocycles. The summed E-state index contributed by atoms with van der Waals surface area (Å²) in [5.74, 6) is 3.28. The molecule has 0 radical (unpaired) electrons. The van der Waals surface area contributed by atoms with E-state index in [4.69, 9.17) is 10.8 Å². The van der Waals surface area contributed by atoms with Gasteiger partial charge in [-0.25, -0.2) is 4.98 Å². The first-order valence-corrected chi connectivity index (χ1v) is 6.45. The zero-order valence-electron chi connectivity index (χ0n) is 12.0. The molecule has 0 saturated heterocycles. The number of hydrogen-bond donors (Lipinski definition) is 2. The molecule has 1 rings (SSSR count). The quantitative estimate of drug-likeness (QED) is 0.768. The minimum absolute atomic E-state index is 0.0706. The van der Waals surface area contributed by atoms with Crippen LogP contribution in [0.3, 0.4) is 0 Å². The Morgan fingerprint density at radius 2 is 2.35 bits per heavy atom. The van der Waals surface area contributed by atoms with Gasteiger partial charge in [-0.05, 0) is 25.0 Å². The molecule has 0 fully saturated rings. The first-order valence-electron chi connectivity index (χ1n) is 6.45. The van der Waals surface area contributed by atoms with Crippen LogP contribution in [-0.2, 0) is 11.2 Å². The second-order valence-corrected chi connectivity index (χ2v) is 4.68. The van der Waals surface area contributed by atoms with E-state index >= 15 is 0 Å². The van der Waals surface area contributed by atoms with Gasteiger partial charge in [-0.15, -0.1) is 6.42 Å². The van der Waals surface area contributed by atoms with Gasteiger partial charge in [-0.3, -0.25) is 4.79 Å². The first-order chi connectivity index (χ1) is 9.47. The molecule has 0 spiro atoms. The second kappa shape index (κ2) is 7.51. The van der Waals surface area contributed by atoms with Crippen LogP contribution in [0.15, 0.2) is 10.5 Å². The van der Waals surface area contributed by atoms with Crippen LogP contribution in [0.4, 0.5) is 0 Å². The molecule has 2 N–H and O–H groups in total. The maximum atomic E-state index is 11.2. The number of terminal acetylenes is 1. The fourth-order valence-corrected chi connectivity index (χ4v) is 1.74. The SMILES string of the molecule is C#C/C=C\c1nc(C[C@@H](C)[C@@H](O)CC(=O)NC)oc1C.